The van der Waals surface area contributed by atoms with Gasteiger partial charge in [-0.3, -0.25) is 10.2 Å². The number of rotatable bonds is 3. The first-order valence-corrected chi connectivity index (χ1v) is 6.89. The number of hydrazine groups is 1. The molecule has 0 aromatic heterocycles. The predicted octanol–water partition coefficient (Wildman–Crippen LogP) is 2.59. The zero-order chi connectivity index (χ0) is 13.0. The van der Waals surface area contributed by atoms with Gasteiger partial charge in [0, 0.05) is 17.6 Å². The molecule has 4 nitrogen and oxygen atoms in total. The van der Waals surface area contributed by atoms with Gasteiger partial charge in [0.05, 0.1) is 12.7 Å². The molecule has 1 amide bonds. The van der Waals surface area contributed by atoms with Crippen LogP contribution in [-0.2, 0) is 0 Å². The number of hydrogen-bond donors (Lipinski definition) is 1. The van der Waals surface area contributed by atoms with E-state index in [1.807, 2.05) is 11.1 Å². The van der Waals surface area contributed by atoms with E-state index in [1.165, 1.54) is 6.42 Å². The highest BCUT2D eigenvalue weighted by Crippen LogP contribution is 2.23. The van der Waals surface area contributed by atoms with Crippen molar-refractivity contribution in [3.63, 3.8) is 0 Å². The molecule has 1 N–H and O–H groups in total. The Morgan fingerprint density at radius 1 is 1.33 bits per heavy atom. The second kappa shape index (κ2) is 6.20. The van der Waals surface area contributed by atoms with Crippen molar-refractivity contribution in [1.82, 2.24) is 10.4 Å². The van der Waals surface area contributed by atoms with E-state index < -0.39 is 0 Å². The molecule has 0 spiro atoms. The van der Waals surface area contributed by atoms with Gasteiger partial charge in [0.2, 0.25) is 0 Å². The molecule has 0 unspecified atom stereocenters. The maximum Gasteiger partial charge on any atom is 0.269 e. The van der Waals surface area contributed by atoms with Crippen molar-refractivity contribution in [3.05, 3.63) is 28.2 Å². The first-order valence-electron chi connectivity index (χ1n) is 6.10. The molecule has 1 saturated heterocycles. The number of hydrogen-bond acceptors (Lipinski definition) is 3. The van der Waals surface area contributed by atoms with Gasteiger partial charge < -0.3 is 4.74 Å². The molecule has 0 aliphatic carbocycles. The van der Waals surface area contributed by atoms with Crippen molar-refractivity contribution in [2.45, 2.75) is 19.3 Å². The first-order chi connectivity index (χ1) is 8.70. The fourth-order valence-electron chi connectivity index (χ4n) is 2.06. The Morgan fingerprint density at radius 2 is 2.06 bits per heavy atom. The highest BCUT2D eigenvalue weighted by molar-refractivity contribution is 9.10. The number of piperidine rings is 1. The number of benzene rings is 1. The quantitative estimate of drug-likeness (QED) is 0.932. The molecule has 1 aromatic carbocycles. The van der Waals surface area contributed by atoms with E-state index in [2.05, 4.69) is 21.4 Å². The van der Waals surface area contributed by atoms with Crippen LogP contribution in [0.2, 0.25) is 0 Å². The van der Waals surface area contributed by atoms with Gasteiger partial charge in [-0.15, -0.1) is 0 Å². The Labute approximate surface area is 115 Å². The zero-order valence-electron chi connectivity index (χ0n) is 10.4. The van der Waals surface area contributed by atoms with Crippen molar-refractivity contribution >= 4 is 21.8 Å². The second-order valence-electron chi connectivity index (χ2n) is 4.33. The fraction of sp³-hybridized carbons (Fsp3) is 0.462. The minimum atomic E-state index is -0.110. The highest BCUT2D eigenvalue weighted by atomic mass is 79.9. The number of nitrogens with zero attached hydrogens (tertiary/aromatic N) is 1. The number of carbonyl (C=O) groups excluding carboxylic acids is 1. The third-order valence-corrected chi connectivity index (χ3v) is 3.52. The van der Waals surface area contributed by atoms with Gasteiger partial charge >= 0.3 is 0 Å². The molecule has 1 fully saturated rings. The largest absolute Gasteiger partial charge is 0.496 e. The maximum atomic E-state index is 12.2. The van der Waals surface area contributed by atoms with Crippen molar-refractivity contribution in [2.24, 2.45) is 0 Å². The molecule has 98 valence electrons. The molecule has 0 radical (unpaired) electrons. The summed E-state index contributed by atoms with van der Waals surface area (Å²) in [6.07, 6.45) is 3.52. The standard InChI is InChI=1S/C13H17BrN2O2/c1-18-12-9-10(14)5-6-11(12)13(17)15-16-7-3-2-4-8-16/h5-6,9H,2-4,7-8H2,1H3,(H,15,17). The number of halogens is 1. The summed E-state index contributed by atoms with van der Waals surface area (Å²) in [6.45, 7) is 1.84. The van der Waals surface area contributed by atoms with Gasteiger partial charge in [-0.25, -0.2) is 5.01 Å². The summed E-state index contributed by atoms with van der Waals surface area (Å²) in [5.74, 6) is 0.472. The monoisotopic (exact) mass is 312 g/mol. The van der Waals surface area contributed by atoms with Crippen LogP contribution in [0.4, 0.5) is 0 Å². The van der Waals surface area contributed by atoms with Crippen molar-refractivity contribution in [2.75, 3.05) is 20.2 Å². The Morgan fingerprint density at radius 3 is 2.72 bits per heavy atom. The van der Waals surface area contributed by atoms with Crippen LogP contribution in [0, 0.1) is 0 Å². The molecule has 0 saturated carbocycles. The zero-order valence-corrected chi connectivity index (χ0v) is 12.0. The number of carbonyl (C=O) groups is 1. The summed E-state index contributed by atoms with van der Waals surface area (Å²) in [5, 5.41) is 1.98. The van der Waals surface area contributed by atoms with E-state index >= 15 is 0 Å². The Bertz CT molecular complexity index is 431. The summed E-state index contributed by atoms with van der Waals surface area (Å²) in [7, 11) is 1.57. The van der Waals surface area contributed by atoms with Crippen LogP contribution in [0.3, 0.4) is 0 Å². The van der Waals surface area contributed by atoms with E-state index in [0.717, 1.165) is 30.4 Å². The van der Waals surface area contributed by atoms with Gasteiger partial charge in [-0.2, -0.15) is 0 Å². The highest BCUT2D eigenvalue weighted by Gasteiger charge is 2.17. The van der Waals surface area contributed by atoms with Crippen LogP contribution >= 0.6 is 15.9 Å². The lowest BCUT2D eigenvalue weighted by atomic mass is 10.1. The van der Waals surface area contributed by atoms with Crippen LogP contribution in [-0.4, -0.2) is 31.1 Å². The lowest BCUT2D eigenvalue weighted by Gasteiger charge is -2.27. The summed E-state index contributed by atoms with van der Waals surface area (Å²) >= 11 is 3.36. The normalized spacial score (nSPS) is 16.3. The number of nitrogens with one attached hydrogen (secondary N) is 1. The van der Waals surface area contributed by atoms with Crippen molar-refractivity contribution in [3.8, 4) is 5.75 Å². The van der Waals surface area contributed by atoms with E-state index in [9.17, 15) is 4.79 Å². The molecule has 0 atom stereocenters. The number of amides is 1. The van der Waals surface area contributed by atoms with Crippen LogP contribution in [0.5, 0.6) is 5.75 Å². The average molecular weight is 313 g/mol. The smallest absolute Gasteiger partial charge is 0.269 e. The molecular formula is C13H17BrN2O2. The summed E-state index contributed by atoms with van der Waals surface area (Å²) in [6, 6.07) is 5.40. The van der Waals surface area contributed by atoms with E-state index in [0.29, 0.717) is 11.3 Å². The van der Waals surface area contributed by atoms with Gasteiger partial charge in [0.15, 0.2) is 0 Å². The molecule has 1 aliphatic rings. The number of methoxy groups -OCH3 is 1. The van der Waals surface area contributed by atoms with Crippen LogP contribution in [0.15, 0.2) is 22.7 Å². The van der Waals surface area contributed by atoms with Gasteiger partial charge in [-0.1, -0.05) is 22.4 Å². The predicted molar refractivity (Wildman–Crippen MR) is 73.6 cm³/mol. The number of ether oxygens (including phenoxy) is 1. The minimum Gasteiger partial charge on any atom is -0.496 e. The van der Waals surface area contributed by atoms with E-state index in [-0.39, 0.29) is 5.91 Å². The van der Waals surface area contributed by atoms with E-state index in [4.69, 9.17) is 4.74 Å². The molecule has 1 aromatic rings. The Hall–Kier alpha value is -1.07. The van der Waals surface area contributed by atoms with Gasteiger partial charge in [-0.05, 0) is 31.0 Å². The minimum absolute atomic E-state index is 0.110. The average Bonchev–Trinajstić information content (AvgIpc) is 2.39. The molecule has 1 aliphatic heterocycles. The van der Waals surface area contributed by atoms with Crippen molar-refractivity contribution in [1.29, 1.82) is 0 Å². The molecular weight excluding hydrogens is 296 g/mol. The lowest BCUT2D eigenvalue weighted by Crippen LogP contribution is -2.45. The van der Waals surface area contributed by atoms with Gasteiger partial charge in [0.1, 0.15) is 5.75 Å². The molecule has 18 heavy (non-hydrogen) atoms. The molecule has 1 heterocycles. The second-order valence-corrected chi connectivity index (χ2v) is 5.25. The summed E-state index contributed by atoms with van der Waals surface area (Å²) < 4.78 is 6.12. The summed E-state index contributed by atoms with van der Waals surface area (Å²) in [4.78, 5) is 12.2. The maximum absolute atomic E-state index is 12.2. The van der Waals surface area contributed by atoms with Crippen LogP contribution in [0.1, 0.15) is 29.6 Å². The lowest BCUT2D eigenvalue weighted by molar-refractivity contribution is 0.0747. The Balaban J connectivity index is 2.08. The fourth-order valence-corrected chi connectivity index (χ4v) is 2.40. The van der Waals surface area contributed by atoms with Crippen molar-refractivity contribution < 1.29 is 9.53 Å². The topological polar surface area (TPSA) is 41.6 Å². The summed E-state index contributed by atoms with van der Waals surface area (Å²) in [5.41, 5.74) is 3.49. The molecule has 5 heteroatoms. The third kappa shape index (κ3) is 3.23. The first kappa shape index (κ1) is 13.4. The molecule has 0 bridgehead atoms. The van der Waals surface area contributed by atoms with E-state index in [1.54, 1.807) is 19.2 Å². The third-order valence-electron chi connectivity index (χ3n) is 3.02. The molecule has 2 rings (SSSR count). The van der Waals surface area contributed by atoms with Gasteiger partial charge in [0.25, 0.3) is 5.91 Å². The van der Waals surface area contributed by atoms with Crippen LogP contribution in [0.25, 0.3) is 0 Å². The SMILES string of the molecule is COc1cc(Br)ccc1C(=O)NN1CCCCC1. The van der Waals surface area contributed by atoms with Crippen LogP contribution < -0.4 is 10.2 Å². The Kier molecular flexibility index (Phi) is 4.60.